The zero-order valence-electron chi connectivity index (χ0n) is 9.74. The number of halogens is 1. The minimum atomic E-state index is 0.285. The van der Waals surface area contributed by atoms with Crippen molar-refractivity contribution in [2.24, 2.45) is 7.05 Å². The molecule has 0 aliphatic carbocycles. The second-order valence-corrected chi connectivity index (χ2v) is 4.30. The number of rotatable bonds is 3. The van der Waals surface area contributed by atoms with Gasteiger partial charge in [0.15, 0.2) is 0 Å². The van der Waals surface area contributed by atoms with Crippen LogP contribution in [0.1, 0.15) is 11.4 Å². The smallest absolute Gasteiger partial charge is 0.128 e. The molecule has 0 aliphatic rings. The van der Waals surface area contributed by atoms with Crippen molar-refractivity contribution in [1.29, 1.82) is 0 Å². The van der Waals surface area contributed by atoms with E-state index in [1.165, 1.54) is 0 Å². The second kappa shape index (κ2) is 4.67. The molecule has 4 nitrogen and oxygen atoms in total. The monoisotopic (exact) mass is 251 g/mol. The van der Waals surface area contributed by atoms with Crippen molar-refractivity contribution in [2.75, 3.05) is 5.32 Å². The molecule has 0 unspecified atom stereocenters. The molecule has 2 rings (SSSR count). The fourth-order valence-electron chi connectivity index (χ4n) is 1.49. The highest BCUT2D eigenvalue weighted by Gasteiger charge is 2.04. The molecule has 17 heavy (non-hydrogen) atoms. The van der Waals surface area contributed by atoms with E-state index in [1.807, 2.05) is 30.7 Å². The molecular weight excluding hydrogens is 238 g/mol. The van der Waals surface area contributed by atoms with E-state index >= 15 is 0 Å². The summed E-state index contributed by atoms with van der Waals surface area (Å²) in [5.74, 6) is 1.13. The highest BCUT2D eigenvalue weighted by Crippen LogP contribution is 2.21. The molecule has 2 N–H and O–H groups in total. The normalized spacial score (nSPS) is 10.5. The summed E-state index contributed by atoms with van der Waals surface area (Å²) in [4.78, 5) is 4.18. The Bertz CT molecular complexity index is 537. The topological polar surface area (TPSA) is 50.1 Å². The molecule has 2 aromatic rings. The predicted octanol–water partition coefficient (Wildman–Crippen LogP) is 2.70. The van der Waals surface area contributed by atoms with Crippen molar-refractivity contribution in [3.63, 3.8) is 0 Å². The quantitative estimate of drug-likeness (QED) is 0.882. The molecule has 5 heteroatoms. The third-order valence-corrected chi connectivity index (χ3v) is 3.04. The van der Waals surface area contributed by atoms with Gasteiger partial charge in [-0.1, -0.05) is 17.7 Å². The van der Waals surface area contributed by atoms with Crippen molar-refractivity contribution >= 4 is 17.3 Å². The van der Waals surface area contributed by atoms with E-state index in [0.29, 0.717) is 11.7 Å². The molecule has 1 aromatic heterocycles. The number of aryl methyl sites for hydroxylation is 1. The molecule has 0 amide bonds. The van der Waals surface area contributed by atoms with Crippen LogP contribution in [0.15, 0.2) is 24.4 Å². The Morgan fingerprint density at radius 2 is 2.24 bits per heavy atom. The average Bonchev–Trinajstić information content (AvgIpc) is 2.62. The van der Waals surface area contributed by atoms with Crippen LogP contribution in [0.4, 0.5) is 5.69 Å². The van der Waals surface area contributed by atoms with Gasteiger partial charge in [-0.2, -0.15) is 0 Å². The van der Waals surface area contributed by atoms with E-state index in [2.05, 4.69) is 10.3 Å². The van der Waals surface area contributed by atoms with Crippen molar-refractivity contribution in [3.05, 3.63) is 40.9 Å². The Morgan fingerprint density at radius 3 is 2.82 bits per heavy atom. The Hall–Kier alpha value is -1.68. The molecule has 0 aliphatic heterocycles. The number of anilines is 1. The Balaban J connectivity index is 2.07. The van der Waals surface area contributed by atoms with E-state index < -0.39 is 0 Å². The average molecular weight is 252 g/mol. The maximum atomic E-state index is 9.57. The maximum absolute atomic E-state index is 9.57. The lowest BCUT2D eigenvalue weighted by Crippen LogP contribution is -2.06. The summed E-state index contributed by atoms with van der Waals surface area (Å²) >= 11 is 5.89. The largest absolute Gasteiger partial charge is 0.508 e. The van der Waals surface area contributed by atoms with Gasteiger partial charge in [0.05, 0.1) is 12.7 Å². The summed E-state index contributed by atoms with van der Waals surface area (Å²) in [6.45, 7) is 2.42. The Morgan fingerprint density at radius 1 is 1.47 bits per heavy atom. The molecule has 90 valence electrons. The van der Waals surface area contributed by atoms with Crippen molar-refractivity contribution < 1.29 is 5.11 Å². The van der Waals surface area contributed by atoms with Crippen LogP contribution in [0.3, 0.4) is 0 Å². The summed E-state index contributed by atoms with van der Waals surface area (Å²) in [7, 11) is 1.86. The van der Waals surface area contributed by atoms with Crippen molar-refractivity contribution in [1.82, 2.24) is 9.55 Å². The number of benzene rings is 1. The molecular formula is C12H14ClN3O. The summed E-state index contributed by atoms with van der Waals surface area (Å²) < 4.78 is 1.81. The Labute approximate surface area is 105 Å². The molecule has 0 fully saturated rings. The molecule has 0 spiro atoms. The van der Waals surface area contributed by atoms with Gasteiger partial charge >= 0.3 is 0 Å². The van der Waals surface area contributed by atoms with E-state index in [4.69, 9.17) is 11.6 Å². The number of nitrogens with one attached hydrogen (secondary N) is 1. The third-order valence-electron chi connectivity index (χ3n) is 2.69. The molecule has 1 aromatic carbocycles. The Kier molecular flexibility index (Phi) is 3.24. The highest BCUT2D eigenvalue weighted by molar-refractivity contribution is 6.29. The van der Waals surface area contributed by atoms with Gasteiger partial charge in [-0.05, 0) is 18.6 Å². The molecule has 0 saturated heterocycles. The zero-order chi connectivity index (χ0) is 12.4. The van der Waals surface area contributed by atoms with E-state index in [0.717, 1.165) is 17.1 Å². The number of hydrogen-bond donors (Lipinski definition) is 2. The number of nitrogens with zero attached hydrogens (tertiary/aromatic N) is 2. The summed E-state index contributed by atoms with van der Waals surface area (Å²) in [6, 6.07) is 5.47. The van der Waals surface area contributed by atoms with Gasteiger partial charge in [-0.3, -0.25) is 0 Å². The number of phenols is 1. The number of aromatic hydroxyl groups is 1. The first-order chi connectivity index (χ1) is 8.08. The maximum Gasteiger partial charge on any atom is 0.128 e. The van der Waals surface area contributed by atoms with Crippen LogP contribution in [0.5, 0.6) is 5.75 Å². The number of phenolic OH excluding ortho intramolecular Hbond substituents is 1. The van der Waals surface area contributed by atoms with Crippen LogP contribution >= 0.6 is 11.6 Å². The van der Waals surface area contributed by atoms with Crippen LogP contribution in [-0.2, 0) is 13.6 Å². The fraction of sp³-hybridized carbons (Fsp3) is 0.250. The lowest BCUT2D eigenvalue weighted by Gasteiger charge is -2.08. The zero-order valence-corrected chi connectivity index (χ0v) is 10.5. The lowest BCUT2D eigenvalue weighted by atomic mass is 10.2. The molecule has 0 saturated carbocycles. The van der Waals surface area contributed by atoms with Crippen molar-refractivity contribution in [3.8, 4) is 5.75 Å². The lowest BCUT2D eigenvalue weighted by molar-refractivity contribution is 0.471. The molecule has 0 atom stereocenters. The summed E-state index contributed by atoms with van der Waals surface area (Å²) in [5.41, 5.74) is 1.71. The minimum Gasteiger partial charge on any atom is -0.508 e. The molecule has 0 radical (unpaired) electrons. The van der Waals surface area contributed by atoms with E-state index in [-0.39, 0.29) is 5.75 Å². The van der Waals surface area contributed by atoms with Crippen LogP contribution in [-0.4, -0.2) is 14.7 Å². The van der Waals surface area contributed by atoms with Gasteiger partial charge in [-0.15, -0.1) is 0 Å². The van der Waals surface area contributed by atoms with Crippen LogP contribution in [0.2, 0.25) is 5.15 Å². The van der Waals surface area contributed by atoms with Crippen LogP contribution in [0.25, 0.3) is 0 Å². The fourth-order valence-corrected chi connectivity index (χ4v) is 1.64. The highest BCUT2D eigenvalue weighted by atomic mass is 35.5. The first-order valence-corrected chi connectivity index (χ1v) is 5.65. The summed E-state index contributed by atoms with van der Waals surface area (Å²) in [5, 5.41) is 13.4. The van der Waals surface area contributed by atoms with E-state index in [1.54, 1.807) is 12.3 Å². The number of aromatic nitrogens is 2. The molecule has 1 heterocycles. The third kappa shape index (κ3) is 2.53. The number of hydrogen-bond acceptors (Lipinski definition) is 3. The van der Waals surface area contributed by atoms with Crippen molar-refractivity contribution in [2.45, 2.75) is 13.5 Å². The molecule has 0 bridgehead atoms. The minimum absolute atomic E-state index is 0.285. The van der Waals surface area contributed by atoms with Gasteiger partial charge < -0.3 is 15.0 Å². The van der Waals surface area contributed by atoms with Gasteiger partial charge in [0.25, 0.3) is 0 Å². The van der Waals surface area contributed by atoms with Gasteiger partial charge in [0, 0.05) is 18.8 Å². The van der Waals surface area contributed by atoms with Gasteiger partial charge in [0.2, 0.25) is 0 Å². The summed E-state index contributed by atoms with van der Waals surface area (Å²) in [6.07, 6.45) is 1.62. The standard InChI is InChI=1S/C12H14ClN3O/c1-8-3-4-9(5-10(8)17)14-7-12-15-6-11(13)16(12)2/h3-6,14,17H,7H2,1-2H3. The first-order valence-electron chi connectivity index (χ1n) is 5.27. The predicted molar refractivity (Wildman–Crippen MR) is 68.4 cm³/mol. The van der Waals surface area contributed by atoms with Crippen LogP contribution in [0, 0.1) is 6.92 Å². The van der Waals surface area contributed by atoms with Gasteiger partial charge in [0.1, 0.15) is 16.7 Å². The van der Waals surface area contributed by atoms with Crippen LogP contribution < -0.4 is 5.32 Å². The van der Waals surface area contributed by atoms with Gasteiger partial charge in [-0.25, -0.2) is 4.98 Å². The number of imidazole rings is 1. The SMILES string of the molecule is Cc1ccc(NCc2ncc(Cl)n2C)cc1O. The second-order valence-electron chi connectivity index (χ2n) is 3.91. The first kappa shape index (κ1) is 11.8. The van der Waals surface area contributed by atoms with E-state index in [9.17, 15) is 5.11 Å².